The summed E-state index contributed by atoms with van der Waals surface area (Å²) in [7, 11) is -2.53. The van der Waals surface area contributed by atoms with Gasteiger partial charge >= 0.3 is 6.18 Å². The highest BCUT2D eigenvalue weighted by Crippen LogP contribution is 2.30. The molecule has 3 aromatic rings. The zero-order chi connectivity index (χ0) is 20.5. The Labute approximate surface area is 158 Å². The van der Waals surface area contributed by atoms with Crippen molar-refractivity contribution in [2.75, 3.05) is 0 Å². The quantitative estimate of drug-likeness (QED) is 0.650. The number of aromatic nitrogens is 2. The van der Waals surface area contributed by atoms with Crippen molar-refractivity contribution in [2.45, 2.75) is 17.1 Å². The fraction of sp³-hybridized carbons (Fsp3) is 0.167. The maximum Gasteiger partial charge on any atom is 0.416 e. The van der Waals surface area contributed by atoms with Gasteiger partial charge in [-0.05, 0) is 42.0 Å². The lowest BCUT2D eigenvalue weighted by molar-refractivity contribution is -0.137. The standard InChI is InChI=1S/C18H15F4N3O2S/c1-25-11-10-23-17(25)16(12-2-6-14(19)7-3-12)24-28(26,27)15-8-4-13(5-9-15)18(20,21)22/h2-11,16,24H,1H3. The first kappa shape index (κ1) is 20.0. The van der Waals surface area contributed by atoms with E-state index >= 15 is 0 Å². The topological polar surface area (TPSA) is 64.0 Å². The molecule has 3 rings (SSSR count). The lowest BCUT2D eigenvalue weighted by Crippen LogP contribution is -2.31. The molecule has 0 amide bonds. The number of nitrogens with one attached hydrogen (secondary N) is 1. The van der Waals surface area contributed by atoms with Crippen molar-refractivity contribution in [3.05, 3.63) is 83.7 Å². The predicted octanol–water partition coefficient (Wildman–Crippen LogP) is 3.65. The van der Waals surface area contributed by atoms with E-state index in [1.54, 1.807) is 17.8 Å². The first-order valence-corrected chi connectivity index (χ1v) is 9.48. The monoisotopic (exact) mass is 413 g/mol. The summed E-state index contributed by atoms with van der Waals surface area (Å²) in [6, 6.07) is 7.36. The minimum atomic E-state index is -4.57. The van der Waals surface area contributed by atoms with E-state index in [1.807, 2.05) is 0 Å². The Morgan fingerprint density at radius 3 is 2.14 bits per heavy atom. The number of alkyl halides is 3. The van der Waals surface area contributed by atoms with Gasteiger partial charge in [-0.1, -0.05) is 12.1 Å². The van der Waals surface area contributed by atoms with E-state index in [9.17, 15) is 26.0 Å². The Kier molecular flexibility index (Phi) is 5.26. The van der Waals surface area contributed by atoms with Crippen molar-refractivity contribution in [3.63, 3.8) is 0 Å². The summed E-state index contributed by atoms with van der Waals surface area (Å²) in [6.07, 6.45) is -1.49. The first-order valence-electron chi connectivity index (χ1n) is 8.00. The second-order valence-corrected chi connectivity index (χ2v) is 7.74. The average molecular weight is 413 g/mol. The number of benzene rings is 2. The molecular formula is C18H15F4N3O2S. The predicted molar refractivity (Wildman–Crippen MR) is 93.2 cm³/mol. The Morgan fingerprint density at radius 1 is 1.04 bits per heavy atom. The molecule has 0 spiro atoms. The molecule has 0 radical (unpaired) electrons. The summed E-state index contributed by atoms with van der Waals surface area (Å²) < 4.78 is 80.9. The molecule has 28 heavy (non-hydrogen) atoms. The third-order valence-electron chi connectivity index (χ3n) is 4.08. The van der Waals surface area contributed by atoms with Crippen molar-refractivity contribution < 1.29 is 26.0 Å². The molecule has 0 fully saturated rings. The minimum Gasteiger partial charge on any atom is -0.336 e. The normalized spacial score (nSPS) is 13.5. The number of hydrogen-bond donors (Lipinski definition) is 1. The third-order valence-corrected chi connectivity index (χ3v) is 5.52. The number of hydrogen-bond acceptors (Lipinski definition) is 3. The van der Waals surface area contributed by atoms with Crippen LogP contribution in [0.15, 0.2) is 65.8 Å². The van der Waals surface area contributed by atoms with E-state index in [4.69, 9.17) is 0 Å². The molecule has 1 unspecified atom stereocenters. The maximum absolute atomic E-state index is 13.3. The van der Waals surface area contributed by atoms with Crippen LogP contribution in [0.25, 0.3) is 0 Å². The third kappa shape index (κ3) is 4.23. The van der Waals surface area contributed by atoms with Crippen LogP contribution in [0.3, 0.4) is 0 Å². The van der Waals surface area contributed by atoms with Crippen LogP contribution in [0.2, 0.25) is 0 Å². The first-order chi connectivity index (χ1) is 13.1. The van der Waals surface area contributed by atoms with Crippen LogP contribution < -0.4 is 4.72 Å². The number of rotatable bonds is 5. The Bertz CT molecular complexity index is 1060. The van der Waals surface area contributed by atoms with E-state index in [0.29, 0.717) is 23.5 Å². The molecular weight excluding hydrogens is 398 g/mol. The molecule has 0 saturated carbocycles. The molecule has 1 N–H and O–H groups in total. The molecule has 0 aliphatic rings. The molecule has 5 nitrogen and oxygen atoms in total. The smallest absolute Gasteiger partial charge is 0.336 e. The molecule has 0 aliphatic carbocycles. The van der Waals surface area contributed by atoms with Gasteiger partial charge in [0.15, 0.2) is 0 Å². The van der Waals surface area contributed by atoms with Gasteiger partial charge in [0.05, 0.1) is 10.5 Å². The molecule has 0 saturated heterocycles. The van der Waals surface area contributed by atoms with Gasteiger partial charge < -0.3 is 4.57 Å². The lowest BCUT2D eigenvalue weighted by atomic mass is 10.1. The van der Waals surface area contributed by atoms with E-state index in [0.717, 1.165) is 12.1 Å². The highest BCUT2D eigenvalue weighted by atomic mass is 32.2. The highest BCUT2D eigenvalue weighted by molar-refractivity contribution is 7.89. The fourth-order valence-electron chi connectivity index (χ4n) is 2.63. The molecule has 1 aromatic heterocycles. The van der Waals surface area contributed by atoms with Crippen LogP contribution in [-0.4, -0.2) is 18.0 Å². The summed E-state index contributed by atoms with van der Waals surface area (Å²) in [5.41, 5.74) is -0.531. The van der Waals surface area contributed by atoms with Gasteiger partial charge in [0.25, 0.3) is 0 Å². The molecule has 148 valence electrons. The van der Waals surface area contributed by atoms with Crippen LogP contribution in [-0.2, 0) is 23.2 Å². The lowest BCUT2D eigenvalue weighted by Gasteiger charge is -2.19. The van der Waals surface area contributed by atoms with E-state index in [2.05, 4.69) is 9.71 Å². The van der Waals surface area contributed by atoms with Crippen LogP contribution in [0, 0.1) is 5.82 Å². The zero-order valence-corrected chi connectivity index (χ0v) is 15.3. The summed E-state index contributed by atoms with van der Waals surface area (Å²) in [6.45, 7) is 0. The number of nitrogens with zero attached hydrogens (tertiary/aromatic N) is 2. The van der Waals surface area contributed by atoms with Crippen LogP contribution in [0.5, 0.6) is 0 Å². The highest BCUT2D eigenvalue weighted by Gasteiger charge is 2.31. The van der Waals surface area contributed by atoms with Gasteiger partial charge in [0.2, 0.25) is 10.0 Å². The van der Waals surface area contributed by atoms with E-state index in [1.165, 1.54) is 30.5 Å². The molecule has 0 aliphatic heterocycles. The van der Waals surface area contributed by atoms with Gasteiger partial charge in [-0.2, -0.15) is 17.9 Å². The van der Waals surface area contributed by atoms with Gasteiger partial charge in [0, 0.05) is 19.4 Å². The second-order valence-electron chi connectivity index (χ2n) is 6.02. The second kappa shape index (κ2) is 7.36. The Morgan fingerprint density at radius 2 is 1.64 bits per heavy atom. The minimum absolute atomic E-state index is 0.332. The molecule has 0 bridgehead atoms. The zero-order valence-electron chi connectivity index (χ0n) is 14.5. The summed E-state index contributed by atoms with van der Waals surface area (Å²) in [5, 5.41) is 0. The summed E-state index contributed by atoms with van der Waals surface area (Å²) in [5.74, 6) is -0.157. The summed E-state index contributed by atoms with van der Waals surface area (Å²) in [4.78, 5) is 3.80. The maximum atomic E-state index is 13.3. The largest absolute Gasteiger partial charge is 0.416 e. The number of halogens is 4. The van der Waals surface area contributed by atoms with Crippen molar-refractivity contribution in [2.24, 2.45) is 7.05 Å². The average Bonchev–Trinajstić information content (AvgIpc) is 3.06. The van der Waals surface area contributed by atoms with Crippen LogP contribution in [0.4, 0.5) is 17.6 Å². The molecule has 10 heteroatoms. The van der Waals surface area contributed by atoms with Gasteiger partial charge in [-0.3, -0.25) is 0 Å². The number of imidazole rings is 1. The fourth-order valence-corrected chi connectivity index (χ4v) is 3.81. The molecule has 1 atom stereocenters. The number of sulfonamides is 1. The van der Waals surface area contributed by atoms with E-state index in [-0.39, 0.29) is 4.90 Å². The Balaban J connectivity index is 1.98. The van der Waals surface area contributed by atoms with Gasteiger partial charge in [-0.25, -0.2) is 17.8 Å². The van der Waals surface area contributed by atoms with Gasteiger partial charge in [0.1, 0.15) is 17.7 Å². The van der Waals surface area contributed by atoms with Crippen molar-refractivity contribution in [1.29, 1.82) is 0 Å². The van der Waals surface area contributed by atoms with Gasteiger partial charge in [-0.15, -0.1) is 0 Å². The number of aryl methyl sites for hydroxylation is 1. The SMILES string of the molecule is Cn1ccnc1C(NS(=O)(=O)c1ccc(C(F)(F)F)cc1)c1ccc(F)cc1. The molecule has 2 aromatic carbocycles. The molecule has 1 heterocycles. The van der Waals surface area contributed by atoms with Crippen LogP contribution >= 0.6 is 0 Å². The van der Waals surface area contributed by atoms with E-state index < -0.39 is 33.6 Å². The summed E-state index contributed by atoms with van der Waals surface area (Å²) >= 11 is 0. The van der Waals surface area contributed by atoms with Crippen LogP contribution in [0.1, 0.15) is 23.0 Å². The van der Waals surface area contributed by atoms with Crippen molar-refractivity contribution in [3.8, 4) is 0 Å². The van der Waals surface area contributed by atoms with Crippen molar-refractivity contribution in [1.82, 2.24) is 14.3 Å². The van der Waals surface area contributed by atoms with Crippen molar-refractivity contribution >= 4 is 10.0 Å². The Hall–Kier alpha value is -2.72.